The molecule has 86 valence electrons. The average molecular weight is 225 g/mol. The topological polar surface area (TPSA) is 29.1 Å². The van der Waals surface area contributed by atoms with Crippen LogP contribution in [0.2, 0.25) is 0 Å². The number of carbonyl (C=O) groups excluding carboxylic acids is 1. The van der Waals surface area contributed by atoms with Crippen LogP contribution in [0.5, 0.6) is 0 Å². The second kappa shape index (κ2) is 6.00. The van der Waals surface area contributed by atoms with Crippen molar-refractivity contribution in [3.63, 3.8) is 0 Å². The van der Waals surface area contributed by atoms with Gasteiger partial charge in [0.25, 0.3) is 0 Å². The third-order valence-corrected chi connectivity index (χ3v) is 1.94. The van der Waals surface area contributed by atoms with E-state index in [4.69, 9.17) is 0 Å². The highest BCUT2D eigenvalue weighted by Crippen LogP contribution is 2.10. The molecule has 0 saturated heterocycles. The average Bonchev–Trinajstić information content (AvgIpc) is 2.22. The molecule has 2 nitrogen and oxygen atoms in total. The third kappa shape index (κ3) is 4.21. The van der Waals surface area contributed by atoms with Crippen LogP contribution in [0.3, 0.4) is 0 Å². The first-order chi connectivity index (χ1) is 7.59. The minimum Gasteiger partial charge on any atom is -0.356 e. The van der Waals surface area contributed by atoms with E-state index in [-0.39, 0.29) is 5.91 Å². The number of halogens is 2. The molecule has 0 aliphatic carbocycles. The van der Waals surface area contributed by atoms with Gasteiger partial charge < -0.3 is 5.32 Å². The Morgan fingerprint density at radius 2 is 2.12 bits per heavy atom. The highest BCUT2D eigenvalue weighted by atomic mass is 19.2. The lowest BCUT2D eigenvalue weighted by molar-refractivity contribution is -0.118. The summed E-state index contributed by atoms with van der Waals surface area (Å²) in [5, 5.41) is 2.63. The number of nitrogens with one attached hydrogen (secondary N) is 1. The minimum atomic E-state index is -0.857. The quantitative estimate of drug-likeness (QED) is 0.784. The first-order valence-corrected chi connectivity index (χ1v) is 4.95. The fraction of sp³-hybridized carbons (Fsp3) is 0.250. The standard InChI is InChI=1S/C12H13F2NO/c1-9(16)15-7-3-2-4-10-5-6-11(13)12(14)8-10/h2,4-6,8H,3,7H2,1H3,(H,15,16). The van der Waals surface area contributed by atoms with Crippen molar-refractivity contribution in [1.82, 2.24) is 5.32 Å². The van der Waals surface area contributed by atoms with Gasteiger partial charge in [-0.1, -0.05) is 18.2 Å². The van der Waals surface area contributed by atoms with Gasteiger partial charge in [-0.05, 0) is 24.1 Å². The van der Waals surface area contributed by atoms with Crippen LogP contribution in [0.25, 0.3) is 6.08 Å². The van der Waals surface area contributed by atoms with Crippen molar-refractivity contribution in [3.8, 4) is 0 Å². The third-order valence-electron chi connectivity index (χ3n) is 1.94. The zero-order valence-corrected chi connectivity index (χ0v) is 8.97. The van der Waals surface area contributed by atoms with Crippen molar-refractivity contribution in [2.75, 3.05) is 6.54 Å². The molecule has 0 radical (unpaired) electrons. The van der Waals surface area contributed by atoms with Crippen LogP contribution < -0.4 is 5.32 Å². The van der Waals surface area contributed by atoms with Gasteiger partial charge in [0, 0.05) is 13.5 Å². The van der Waals surface area contributed by atoms with Crippen molar-refractivity contribution in [2.24, 2.45) is 0 Å². The van der Waals surface area contributed by atoms with Crippen molar-refractivity contribution < 1.29 is 13.6 Å². The molecule has 16 heavy (non-hydrogen) atoms. The fourth-order valence-electron chi connectivity index (χ4n) is 1.17. The van der Waals surface area contributed by atoms with Gasteiger partial charge in [0.15, 0.2) is 11.6 Å². The highest BCUT2D eigenvalue weighted by molar-refractivity contribution is 5.72. The van der Waals surface area contributed by atoms with Crippen LogP contribution >= 0.6 is 0 Å². The van der Waals surface area contributed by atoms with Crippen LogP contribution in [0.15, 0.2) is 24.3 Å². The summed E-state index contributed by atoms with van der Waals surface area (Å²) in [6, 6.07) is 3.71. The molecule has 1 rings (SSSR count). The summed E-state index contributed by atoms with van der Waals surface area (Å²) in [5.41, 5.74) is 0.599. The zero-order chi connectivity index (χ0) is 12.0. The van der Waals surface area contributed by atoms with Gasteiger partial charge in [-0.15, -0.1) is 0 Å². The van der Waals surface area contributed by atoms with E-state index in [1.807, 2.05) is 0 Å². The Bertz CT molecular complexity index is 402. The number of rotatable bonds is 4. The SMILES string of the molecule is CC(=O)NCCC=Cc1ccc(F)c(F)c1. The normalized spacial score (nSPS) is 10.7. The number of hydrogen-bond donors (Lipinski definition) is 1. The summed E-state index contributed by atoms with van der Waals surface area (Å²) in [4.78, 5) is 10.5. The lowest BCUT2D eigenvalue weighted by Gasteiger charge is -1.97. The molecule has 0 fully saturated rings. The van der Waals surface area contributed by atoms with E-state index in [9.17, 15) is 13.6 Å². The van der Waals surface area contributed by atoms with E-state index < -0.39 is 11.6 Å². The maximum atomic E-state index is 12.8. The minimum absolute atomic E-state index is 0.0822. The van der Waals surface area contributed by atoms with Crippen molar-refractivity contribution >= 4 is 12.0 Å². The molecule has 0 heterocycles. The second-order valence-corrected chi connectivity index (χ2v) is 3.35. The largest absolute Gasteiger partial charge is 0.356 e. The van der Waals surface area contributed by atoms with E-state index in [1.165, 1.54) is 13.0 Å². The van der Waals surface area contributed by atoms with Crippen molar-refractivity contribution in [2.45, 2.75) is 13.3 Å². The lowest BCUT2D eigenvalue weighted by atomic mass is 10.2. The Morgan fingerprint density at radius 1 is 1.38 bits per heavy atom. The van der Waals surface area contributed by atoms with E-state index in [1.54, 1.807) is 12.2 Å². The predicted octanol–water partition coefficient (Wildman–Crippen LogP) is 2.50. The van der Waals surface area contributed by atoms with Gasteiger partial charge >= 0.3 is 0 Å². The van der Waals surface area contributed by atoms with E-state index in [2.05, 4.69) is 5.32 Å². The molecule has 0 spiro atoms. The lowest BCUT2D eigenvalue weighted by Crippen LogP contribution is -2.20. The Morgan fingerprint density at radius 3 is 2.75 bits per heavy atom. The summed E-state index contributed by atoms with van der Waals surface area (Å²) in [5.74, 6) is -1.79. The van der Waals surface area contributed by atoms with Crippen LogP contribution in [-0.2, 0) is 4.79 Å². The molecule has 0 atom stereocenters. The first kappa shape index (κ1) is 12.4. The Hall–Kier alpha value is -1.71. The van der Waals surface area contributed by atoms with Crippen LogP contribution in [0.4, 0.5) is 8.78 Å². The molecule has 0 aromatic heterocycles. The van der Waals surface area contributed by atoms with Crippen LogP contribution in [-0.4, -0.2) is 12.5 Å². The van der Waals surface area contributed by atoms with Gasteiger partial charge in [-0.2, -0.15) is 0 Å². The predicted molar refractivity (Wildman–Crippen MR) is 58.7 cm³/mol. The molecule has 1 aromatic rings. The maximum Gasteiger partial charge on any atom is 0.216 e. The smallest absolute Gasteiger partial charge is 0.216 e. The van der Waals surface area contributed by atoms with Crippen molar-refractivity contribution in [1.29, 1.82) is 0 Å². The molecule has 0 aliphatic rings. The molecule has 1 amide bonds. The Balaban J connectivity index is 2.44. The number of carbonyl (C=O) groups is 1. The highest BCUT2D eigenvalue weighted by Gasteiger charge is 1.99. The van der Waals surface area contributed by atoms with Gasteiger partial charge in [0.05, 0.1) is 0 Å². The molecule has 1 N–H and O–H groups in total. The van der Waals surface area contributed by atoms with Gasteiger partial charge in [0.1, 0.15) is 0 Å². The monoisotopic (exact) mass is 225 g/mol. The van der Waals surface area contributed by atoms with E-state index >= 15 is 0 Å². The van der Waals surface area contributed by atoms with Gasteiger partial charge in [0.2, 0.25) is 5.91 Å². The molecule has 4 heteroatoms. The molecular formula is C12H13F2NO. The zero-order valence-electron chi connectivity index (χ0n) is 8.97. The molecule has 0 saturated carbocycles. The molecule has 0 aliphatic heterocycles. The summed E-state index contributed by atoms with van der Waals surface area (Å²) in [6.07, 6.45) is 4.13. The Kier molecular flexibility index (Phi) is 4.64. The fourth-order valence-corrected chi connectivity index (χ4v) is 1.17. The van der Waals surface area contributed by atoms with Crippen LogP contribution in [0, 0.1) is 11.6 Å². The van der Waals surface area contributed by atoms with Crippen LogP contribution in [0.1, 0.15) is 18.9 Å². The molecule has 0 bridgehead atoms. The molecule has 1 aromatic carbocycles. The van der Waals surface area contributed by atoms with E-state index in [0.717, 1.165) is 12.1 Å². The second-order valence-electron chi connectivity index (χ2n) is 3.35. The summed E-state index contributed by atoms with van der Waals surface area (Å²) >= 11 is 0. The maximum absolute atomic E-state index is 12.8. The molecular weight excluding hydrogens is 212 g/mol. The number of amides is 1. The Labute approximate surface area is 93.0 Å². The van der Waals surface area contributed by atoms with E-state index in [0.29, 0.717) is 18.5 Å². The number of benzene rings is 1. The summed E-state index contributed by atoms with van der Waals surface area (Å²) in [7, 11) is 0. The van der Waals surface area contributed by atoms with Gasteiger partial charge in [-0.3, -0.25) is 4.79 Å². The van der Waals surface area contributed by atoms with Gasteiger partial charge in [-0.25, -0.2) is 8.78 Å². The van der Waals surface area contributed by atoms with Crippen molar-refractivity contribution in [3.05, 3.63) is 41.5 Å². The molecule has 0 unspecified atom stereocenters. The summed E-state index contributed by atoms with van der Waals surface area (Å²) < 4.78 is 25.4. The first-order valence-electron chi connectivity index (χ1n) is 4.95. The summed E-state index contributed by atoms with van der Waals surface area (Å²) in [6.45, 7) is 1.98. The number of hydrogen-bond acceptors (Lipinski definition) is 1.